The van der Waals surface area contributed by atoms with Gasteiger partial charge in [-0.25, -0.2) is 0 Å². The maximum atomic E-state index is 12.9. The van der Waals surface area contributed by atoms with Crippen molar-refractivity contribution < 1.29 is 14.6 Å². The molecule has 1 amide bonds. The van der Waals surface area contributed by atoms with Gasteiger partial charge >= 0.3 is 0 Å². The van der Waals surface area contributed by atoms with Gasteiger partial charge in [-0.2, -0.15) is 5.10 Å². The Balaban J connectivity index is 1.42. The van der Waals surface area contributed by atoms with Crippen molar-refractivity contribution in [1.82, 2.24) is 15.1 Å². The lowest BCUT2D eigenvalue weighted by Crippen LogP contribution is -2.38. The molecular formula is C16H21N3O3. The highest BCUT2D eigenvalue weighted by Crippen LogP contribution is 2.54. The van der Waals surface area contributed by atoms with Gasteiger partial charge in [0.05, 0.1) is 18.2 Å². The Bertz CT molecular complexity index is 643. The first-order valence-electron chi connectivity index (χ1n) is 8.36. The van der Waals surface area contributed by atoms with Gasteiger partial charge in [0.1, 0.15) is 0 Å². The highest BCUT2D eigenvalue weighted by atomic mass is 16.5. The number of ether oxygens (including phenoxy) is 1. The van der Waals surface area contributed by atoms with Gasteiger partial charge in [0, 0.05) is 36.2 Å². The van der Waals surface area contributed by atoms with E-state index in [-0.39, 0.29) is 36.1 Å². The Morgan fingerprint density at radius 1 is 1.50 bits per heavy atom. The second-order valence-corrected chi connectivity index (χ2v) is 7.28. The molecule has 2 N–H and O–H groups in total. The minimum Gasteiger partial charge on any atom is -0.396 e. The quantitative estimate of drug-likeness (QED) is 0.834. The maximum Gasteiger partial charge on any atom is 0.274 e. The number of hydrogen-bond acceptors (Lipinski definition) is 4. The van der Waals surface area contributed by atoms with E-state index in [2.05, 4.69) is 10.2 Å². The van der Waals surface area contributed by atoms with Gasteiger partial charge in [-0.15, -0.1) is 0 Å². The topological polar surface area (TPSA) is 78.5 Å². The van der Waals surface area contributed by atoms with E-state index >= 15 is 0 Å². The van der Waals surface area contributed by atoms with Gasteiger partial charge in [0.25, 0.3) is 5.91 Å². The molecule has 5 rings (SSSR count). The predicted octanol–water partition coefficient (Wildman–Crippen LogP) is 0.510. The molecule has 1 aromatic heterocycles. The summed E-state index contributed by atoms with van der Waals surface area (Å²) in [6.07, 6.45) is 5.28. The number of aromatic amines is 1. The molecule has 1 spiro atoms. The smallest absolute Gasteiger partial charge is 0.274 e. The first-order chi connectivity index (χ1) is 10.7. The van der Waals surface area contributed by atoms with Crippen LogP contribution in [-0.2, 0) is 17.6 Å². The van der Waals surface area contributed by atoms with E-state index in [4.69, 9.17) is 4.74 Å². The van der Waals surface area contributed by atoms with E-state index in [1.165, 1.54) is 0 Å². The largest absolute Gasteiger partial charge is 0.396 e. The van der Waals surface area contributed by atoms with Crippen molar-refractivity contribution in [3.05, 3.63) is 17.0 Å². The third-order valence-corrected chi connectivity index (χ3v) is 6.29. The van der Waals surface area contributed by atoms with Crippen LogP contribution in [0.3, 0.4) is 0 Å². The Kier molecular flexibility index (Phi) is 2.57. The molecule has 2 bridgehead atoms. The molecule has 0 aromatic carbocycles. The van der Waals surface area contributed by atoms with Gasteiger partial charge < -0.3 is 14.7 Å². The van der Waals surface area contributed by atoms with Crippen LogP contribution in [0.15, 0.2) is 0 Å². The minimum atomic E-state index is -0.201. The fourth-order valence-corrected chi connectivity index (χ4v) is 5.24. The molecule has 4 aliphatic rings. The zero-order valence-electron chi connectivity index (χ0n) is 12.5. The Labute approximate surface area is 128 Å². The number of likely N-dealkylation sites (tertiary alicyclic amines) is 1. The molecule has 0 saturated carbocycles. The van der Waals surface area contributed by atoms with Crippen molar-refractivity contribution in [1.29, 1.82) is 0 Å². The Hall–Kier alpha value is -1.40. The highest BCUT2D eigenvalue weighted by molar-refractivity contribution is 5.94. The molecule has 4 heterocycles. The Morgan fingerprint density at radius 3 is 3.27 bits per heavy atom. The molecular weight excluding hydrogens is 282 g/mol. The van der Waals surface area contributed by atoms with E-state index in [1.54, 1.807) is 0 Å². The lowest BCUT2D eigenvalue weighted by Gasteiger charge is -2.27. The first kappa shape index (κ1) is 13.1. The summed E-state index contributed by atoms with van der Waals surface area (Å²) in [5.41, 5.74) is 2.65. The van der Waals surface area contributed by atoms with Gasteiger partial charge in [-0.3, -0.25) is 9.89 Å². The van der Waals surface area contributed by atoms with Crippen molar-refractivity contribution in [2.24, 2.45) is 11.8 Å². The molecule has 3 fully saturated rings. The van der Waals surface area contributed by atoms with Gasteiger partial charge in [-0.1, -0.05) is 0 Å². The first-order valence-corrected chi connectivity index (χ1v) is 8.36. The van der Waals surface area contributed by atoms with E-state index < -0.39 is 0 Å². The standard InChI is InChI=1S/C16H21N3O3/c20-7-10-11-6-19(8-16(11)5-4-13(10)22-16)15(21)14-9-2-1-3-12(9)17-18-14/h10-11,13,20H,1-8H2,(H,17,18)/t10-,11+,13+,16+/m1/s1. The van der Waals surface area contributed by atoms with E-state index in [0.717, 1.165) is 43.4 Å². The number of aryl methyl sites for hydroxylation is 1. The zero-order chi connectivity index (χ0) is 14.9. The van der Waals surface area contributed by atoms with Crippen LogP contribution in [-0.4, -0.2) is 57.5 Å². The van der Waals surface area contributed by atoms with Crippen LogP contribution in [0, 0.1) is 11.8 Å². The SMILES string of the molecule is O=C(c1n[nH]c2c1CCC2)N1C[C@H]2[C@@H](CO)[C@@H]3CC[C@@]2(C1)O3. The van der Waals surface area contributed by atoms with Crippen molar-refractivity contribution in [2.75, 3.05) is 19.7 Å². The van der Waals surface area contributed by atoms with Crippen LogP contribution < -0.4 is 0 Å². The molecule has 0 radical (unpaired) electrons. The van der Waals surface area contributed by atoms with E-state index in [1.807, 2.05) is 4.90 Å². The fraction of sp³-hybridized carbons (Fsp3) is 0.750. The lowest BCUT2D eigenvalue weighted by molar-refractivity contribution is 0.00147. The molecule has 3 aliphatic heterocycles. The number of carbonyl (C=O) groups is 1. The van der Waals surface area contributed by atoms with Crippen molar-refractivity contribution in [2.45, 2.75) is 43.8 Å². The fourth-order valence-electron chi connectivity index (χ4n) is 5.24. The van der Waals surface area contributed by atoms with Crippen LogP contribution in [0.4, 0.5) is 0 Å². The van der Waals surface area contributed by atoms with E-state index in [0.29, 0.717) is 18.8 Å². The second-order valence-electron chi connectivity index (χ2n) is 7.28. The zero-order valence-corrected chi connectivity index (χ0v) is 12.5. The lowest BCUT2D eigenvalue weighted by atomic mass is 9.74. The number of nitrogens with zero attached hydrogens (tertiary/aromatic N) is 2. The highest BCUT2D eigenvalue weighted by Gasteiger charge is 2.63. The van der Waals surface area contributed by atoms with Crippen molar-refractivity contribution >= 4 is 5.91 Å². The normalized spacial score (nSPS) is 38.6. The van der Waals surface area contributed by atoms with Crippen LogP contribution in [0.2, 0.25) is 0 Å². The van der Waals surface area contributed by atoms with Gasteiger partial charge in [0.2, 0.25) is 0 Å². The van der Waals surface area contributed by atoms with Crippen LogP contribution in [0.5, 0.6) is 0 Å². The molecule has 4 atom stereocenters. The van der Waals surface area contributed by atoms with Crippen LogP contribution in [0.1, 0.15) is 41.0 Å². The molecule has 118 valence electrons. The number of nitrogens with one attached hydrogen (secondary N) is 1. The molecule has 1 aliphatic carbocycles. The number of rotatable bonds is 2. The van der Waals surface area contributed by atoms with Crippen molar-refractivity contribution in [3.8, 4) is 0 Å². The number of aliphatic hydroxyl groups is 1. The number of hydrogen-bond donors (Lipinski definition) is 2. The summed E-state index contributed by atoms with van der Waals surface area (Å²) < 4.78 is 6.20. The molecule has 0 unspecified atom stereocenters. The van der Waals surface area contributed by atoms with E-state index in [9.17, 15) is 9.90 Å². The van der Waals surface area contributed by atoms with Crippen LogP contribution >= 0.6 is 0 Å². The summed E-state index contributed by atoms with van der Waals surface area (Å²) >= 11 is 0. The maximum absolute atomic E-state index is 12.9. The number of fused-ring (bicyclic) bond motifs is 2. The molecule has 22 heavy (non-hydrogen) atoms. The second kappa shape index (κ2) is 4.32. The van der Waals surface area contributed by atoms with Gasteiger partial charge in [-0.05, 0) is 32.1 Å². The summed E-state index contributed by atoms with van der Waals surface area (Å²) in [5.74, 6) is 0.510. The summed E-state index contributed by atoms with van der Waals surface area (Å²) in [6.45, 7) is 1.52. The minimum absolute atomic E-state index is 0.0342. The Morgan fingerprint density at radius 2 is 2.41 bits per heavy atom. The number of amides is 1. The average Bonchev–Trinajstić information content (AvgIpc) is 3.27. The number of aromatic nitrogens is 2. The summed E-state index contributed by atoms with van der Waals surface area (Å²) in [4.78, 5) is 14.8. The molecule has 1 aromatic rings. The number of H-pyrrole nitrogens is 1. The third-order valence-electron chi connectivity index (χ3n) is 6.29. The third kappa shape index (κ3) is 1.52. The summed E-state index contributed by atoms with van der Waals surface area (Å²) in [6, 6.07) is 0. The average molecular weight is 303 g/mol. The summed E-state index contributed by atoms with van der Waals surface area (Å²) in [7, 11) is 0. The van der Waals surface area contributed by atoms with Crippen LogP contribution in [0.25, 0.3) is 0 Å². The monoisotopic (exact) mass is 303 g/mol. The predicted molar refractivity (Wildman–Crippen MR) is 77.4 cm³/mol. The summed E-state index contributed by atoms with van der Waals surface area (Å²) in [5, 5.41) is 17.0. The number of aliphatic hydroxyl groups excluding tert-OH is 1. The van der Waals surface area contributed by atoms with Crippen molar-refractivity contribution in [3.63, 3.8) is 0 Å². The molecule has 6 heteroatoms. The molecule has 3 saturated heterocycles. The molecule has 6 nitrogen and oxygen atoms in total. The number of carbonyl (C=O) groups excluding carboxylic acids is 1. The van der Waals surface area contributed by atoms with Gasteiger partial charge in [0.15, 0.2) is 5.69 Å².